The minimum atomic E-state index is 0.365. The van der Waals surface area contributed by atoms with Crippen LogP contribution in [0.3, 0.4) is 0 Å². The van der Waals surface area contributed by atoms with E-state index in [0.717, 1.165) is 6.42 Å². The molecule has 79 valence electrons. The largest absolute Gasteiger partial charge is 0.0619 e. The highest BCUT2D eigenvalue weighted by molar-refractivity contribution is 5.78. The molecule has 1 aliphatic rings. The molecule has 0 aliphatic heterocycles. The summed E-state index contributed by atoms with van der Waals surface area (Å²) in [5.41, 5.74) is 7.13. The molecule has 0 bridgehead atoms. The van der Waals surface area contributed by atoms with Gasteiger partial charge in [-0.25, -0.2) is 0 Å². The third-order valence-electron chi connectivity index (χ3n) is 3.42. The van der Waals surface area contributed by atoms with Crippen LogP contribution in [0.5, 0.6) is 0 Å². The van der Waals surface area contributed by atoms with Crippen LogP contribution in [0.15, 0.2) is 42.5 Å². The highest BCUT2D eigenvalue weighted by atomic mass is 14.2. The van der Waals surface area contributed by atoms with Crippen molar-refractivity contribution in [1.82, 2.24) is 0 Å². The van der Waals surface area contributed by atoms with Gasteiger partial charge in [0.05, 0.1) is 0 Å². The van der Waals surface area contributed by atoms with Crippen LogP contribution >= 0.6 is 0 Å². The highest BCUT2D eigenvalue weighted by Gasteiger charge is 2.20. The maximum absolute atomic E-state index is 4.15. The van der Waals surface area contributed by atoms with Crippen LogP contribution in [0.4, 0.5) is 0 Å². The Morgan fingerprint density at radius 1 is 1.00 bits per heavy atom. The molecule has 0 aromatic heterocycles. The molecule has 0 heterocycles. The normalized spacial score (nSPS) is 12.7. The topological polar surface area (TPSA) is 0 Å². The van der Waals surface area contributed by atoms with Crippen molar-refractivity contribution < 1.29 is 0 Å². The molecule has 0 N–H and O–H groups in total. The number of hydrogen-bond donors (Lipinski definition) is 0. The molecule has 16 heavy (non-hydrogen) atoms. The summed E-state index contributed by atoms with van der Waals surface area (Å²) < 4.78 is 0. The van der Waals surface area contributed by atoms with Crippen LogP contribution in [0.1, 0.15) is 29.5 Å². The van der Waals surface area contributed by atoms with Gasteiger partial charge in [0.1, 0.15) is 0 Å². The lowest BCUT2D eigenvalue weighted by Crippen LogP contribution is -1.94. The smallest absolute Gasteiger partial charge is 0.00106 e. The van der Waals surface area contributed by atoms with Gasteiger partial charge in [0.2, 0.25) is 0 Å². The maximum atomic E-state index is 4.15. The highest BCUT2D eigenvalue weighted by Crippen LogP contribution is 2.39. The molecule has 2 aromatic rings. The molecule has 2 aromatic carbocycles. The molecule has 0 nitrogen and oxygen atoms in total. The fraction of sp³-hybridized carbons (Fsp3) is 0.188. The van der Waals surface area contributed by atoms with E-state index in [4.69, 9.17) is 0 Å². The van der Waals surface area contributed by atoms with Gasteiger partial charge in [-0.2, -0.15) is 0 Å². The Morgan fingerprint density at radius 3 is 2.56 bits per heavy atom. The third-order valence-corrected chi connectivity index (χ3v) is 3.42. The average molecular weight is 207 g/mol. The Labute approximate surface area is 96.9 Å². The van der Waals surface area contributed by atoms with Gasteiger partial charge in [0.25, 0.3) is 0 Å². The lowest BCUT2D eigenvalue weighted by Gasteiger charge is -2.11. The van der Waals surface area contributed by atoms with Crippen molar-refractivity contribution in [1.29, 1.82) is 0 Å². The van der Waals surface area contributed by atoms with Crippen LogP contribution in [-0.2, 0) is 6.42 Å². The summed E-state index contributed by atoms with van der Waals surface area (Å²) in [6, 6.07) is 15.3. The summed E-state index contributed by atoms with van der Waals surface area (Å²) in [7, 11) is 0. The van der Waals surface area contributed by atoms with Crippen LogP contribution < -0.4 is 0 Å². The van der Waals surface area contributed by atoms with Crippen molar-refractivity contribution in [2.24, 2.45) is 0 Å². The van der Waals surface area contributed by atoms with Crippen molar-refractivity contribution in [2.75, 3.05) is 0 Å². The molecule has 1 radical (unpaired) electrons. The molecule has 1 aliphatic carbocycles. The first kappa shape index (κ1) is 9.65. The second kappa shape index (κ2) is 3.48. The minimum Gasteiger partial charge on any atom is -0.0619 e. The van der Waals surface area contributed by atoms with Crippen LogP contribution in [0.25, 0.3) is 11.1 Å². The molecule has 1 atom stereocenters. The van der Waals surface area contributed by atoms with E-state index in [9.17, 15) is 0 Å². The fourth-order valence-electron chi connectivity index (χ4n) is 2.64. The van der Waals surface area contributed by atoms with E-state index >= 15 is 0 Å². The van der Waals surface area contributed by atoms with Gasteiger partial charge in [0.15, 0.2) is 0 Å². The minimum absolute atomic E-state index is 0.365. The van der Waals surface area contributed by atoms with Crippen molar-refractivity contribution in [2.45, 2.75) is 19.3 Å². The zero-order valence-corrected chi connectivity index (χ0v) is 9.53. The van der Waals surface area contributed by atoms with Gasteiger partial charge in [0, 0.05) is 0 Å². The average Bonchev–Trinajstić information content (AvgIpc) is 2.67. The monoisotopic (exact) mass is 207 g/mol. The maximum Gasteiger partial charge on any atom is -0.00106 e. The first-order valence-corrected chi connectivity index (χ1v) is 5.80. The predicted molar refractivity (Wildman–Crippen MR) is 68.5 cm³/mol. The first-order valence-electron chi connectivity index (χ1n) is 5.80. The zero-order valence-electron chi connectivity index (χ0n) is 9.53. The van der Waals surface area contributed by atoms with E-state index in [2.05, 4.69) is 56.3 Å². The van der Waals surface area contributed by atoms with Crippen molar-refractivity contribution in [3.63, 3.8) is 0 Å². The van der Waals surface area contributed by atoms with E-state index in [1.807, 2.05) is 0 Å². The van der Waals surface area contributed by atoms with E-state index in [0.29, 0.717) is 5.92 Å². The van der Waals surface area contributed by atoms with Gasteiger partial charge >= 0.3 is 0 Å². The third kappa shape index (κ3) is 1.30. The van der Waals surface area contributed by atoms with E-state index in [1.165, 1.54) is 27.8 Å². The summed E-state index contributed by atoms with van der Waals surface area (Å²) in [6.45, 7) is 6.31. The Bertz CT molecular complexity index is 535. The number of fused-ring (bicyclic) bond motifs is 3. The van der Waals surface area contributed by atoms with Gasteiger partial charge in [-0.3, -0.25) is 0 Å². The van der Waals surface area contributed by atoms with E-state index in [-0.39, 0.29) is 0 Å². The molecular formula is C16H15. The van der Waals surface area contributed by atoms with Crippen LogP contribution in [-0.4, -0.2) is 0 Å². The van der Waals surface area contributed by atoms with Crippen molar-refractivity contribution in [3.8, 4) is 11.1 Å². The summed E-state index contributed by atoms with van der Waals surface area (Å²) in [5, 5.41) is 0. The summed E-state index contributed by atoms with van der Waals surface area (Å²) in [6.07, 6.45) is 1.07. The van der Waals surface area contributed by atoms with Crippen molar-refractivity contribution in [3.05, 3.63) is 66.1 Å². The van der Waals surface area contributed by atoms with Crippen LogP contribution in [0, 0.1) is 6.92 Å². The number of rotatable bonds is 1. The Kier molecular flexibility index (Phi) is 2.10. The molecular weight excluding hydrogens is 192 g/mol. The number of benzene rings is 2. The van der Waals surface area contributed by atoms with Crippen molar-refractivity contribution >= 4 is 0 Å². The van der Waals surface area contributed by atoms with Gasteiger partial charge in [-0.1, -0.05) is 49.4 Å². The van der Waals surface area contributed by atoms with Gasteiger partial charge in [-0.15, -0.1) is 0 Å². The van der Waals surface area contributed by atoms with E-state index < -0.39 is 0 Å². The SMILES string of the molecule is [CH2]C(C)c1cccc2c1Cc1ccccc1-2. The number of hydrogen-bond acceptors (Lipinski definition) is 0. The molecule has 1 unspecified atom stereocenters. The Hall–Kier alpha value is -1.56. The Balaban J connectivity index is 2.24. The summed E-state index contributed by atoms with van der Waals surface area (Å²) in [4.78, 5) is 0. The quantitative estimate of drug-likeness (QED) is 0.561. The molecule has 3 rings (SSSR count). The lowest BCUT2D eigenvalue weighted by atomic mass is 9.94. The van der Waals surface area contributed by atoms with Gasteiger partial charge < -0.3 is 0 Å². The predicted octanol–water partition coefficient (Wildman–Crippen LogP) is 4.20. The van der Waals surface area contributed by atoms with Gasteiger partial charge in [-0.05, 0) is 47.1 Å². The molecule has 0 amide bonds. The standard InChI is InChI=1S/C16H15/c1-11(2)13-8-5-9-15-14-7-4-3-6-12(14)10-16(13)15/h3-9,11H,1,10H2,2H3. The van der Waals surface area contributed by atoms with Crippen LogP contribution in [0.2, 0.25) is 0 Å². The molecule has 0 saturated carbocycles. The van der Waals surface area contributed by atoms with E-state index in [1.54, 1.807) is 0 Å². The first-order chi connectivity index (χ1) is 7.77. The summed E-state index contributed by atoms with van der Waals surface area (Å²) >= 11 is 0. The molecule has 0 heteroatoms. The zero-order chi connectivity index (χ0) is 11.1. The molecule has 0 spiro atoms. The molecule has 0 fully saturated rings. The fourth-order valence-corrected chi connectivity index (χ4v) is 2.64. The lowest BCUT2D eigenvalue weighted by molar-refractivity contribution is 0.941. The second-order valence-corrected chi connectivity index (χ2v) is 4.61. The Morgan fingerprint density at radius 2 is 1.75 bits per heavy atom. The summed E-state index contributed by atoms with van der Waals surface area (Å²) in [5.74, 6) is 0.365. The molecule has 0 saturated heterocycles. The second-order valence-electron chi connectivity index (χ2n) is 4.61.